The first-order valence-electron chi connectivity index (χ1n) is 5.12. The zero-order valence-corrected chi connectivity index (χ0v) is 9.00. The minimum atomic E-state index is -0.471. The van der Waals surface area contributed by atoms with E-state index in [4.69, 9.17) is 0 Å². The van der Waals surface area contributed by atoms with E-state index in [-0.39, 0.29) is 24.2 Å². The number of rotatable bonds is 3. The van der Waals surface area contributed by atoms with Crippen molar-refractivity contribution in [1.29, 1.82) is 0 Å². The van der Waals surface area contributed by atoms with E-state index >= 15 is 0 Å². The Morgan fingerprint density at radius 1 is 1.00 bits per heavy atom. The number of nitrogens with one attached hydrogen (secondary N) is 1. The van der Waals surface area contributed by atoms with Gasteiger partial charge in [-0.1, -0.05) is 6.07 Å². The average Bonchev–Trinajstić information content (AvgIpc) is 2.30. The zero-order chi connectivity index (χ0) is 12.3. The molecule has 0 atom stereocenters. The molecule has 0 amide bonds. The predicted octanol–water partition coefficient (Wildman–Crippen LogP) is -0.602. The van der Waals surface area contributed by atoms with Crippen molar-refractivity contribution in [2.75, 3.05) is 0 Å². The molecule has 2 aromatic heterocycles. The van der Waals surface area contributed by atoms with Crippen molar-refractivity contribution in [2.45, 2.75) is 13.1 Å². The summed E-state index contributed by atoms with van der Waals surface area (Å²) in [4.78, 5) is 36.6. The monoisotopic (exact) mass is 233 g/mol. The molecule has 0 fully saturated rings. The molecule has 88 valence electrons. The van der Waals surface area contributed by atoms with Crippen LogP contribution in [-0.4, -0.2) is 14.1 Å². The molecule has 0 radical (unpaired) electrons. The number of aromatic nitrogens is 3. The molecular weight excluding hydrogens is 222 g/mol. The largest absolute Gasteiger partial charge is 0.328 e. The summed E-state index contributed by atoms with van der Waals surface area (Å²) in [6.45, 7) is 0.450. The van der Waals surface area contributed by atoms with Crippen molar-refractivity contribution < 1.29 is 0 Å². The van der Waals surface area contributed by atoms with E-state index in [2.05, 4.69) is 4.98 Å². The maximum atomic E-state index is 11.4. The van der Waals surface area contributed by atoms with Gasteiger partial charge in [-0.15, -0.1) is 0 Å². The predicted molar refractivity (Wildman–Crippen MR) is 62.0 cm³/mol. The molecule has 0 saturated carbocycles. The van der Waals surface area contributed by atoms with Gasteiger partial charge in [0.15, 0.2) is 0 Å². The number of aryl methyl sites for hydroxylation is 1. The van der Waals surface area contributed by atoms with Crippen LogP contribution in [-0.2, 0) is 13.1 Å². The van der Waals surface area contributed by atoms with E-state index in [9.17, 15) is 14.4 Å². The molecule has 0 bridgehead atoms. The molecule has 1 N–H and O–H groups in total. The highest BCUT2D eigenvalue weighted by Crippen LogP contribution is 1.83. The van der Waals surface area contributed by atoms with Crippen molar-refractivity contribution in [3.05, 3.63) is 67.9 Å². The smallest absolute Gasteiger partial charge is 0.314 e. The van der Waals surface area contributed by atoms with Gasteiger partial charge in [-0.25, -0.2) is 4.79 Å². The molecule has 2 aromatic rings. The van der Waals surface area contributed by atoms with Gasteiger partial charge in [-0.2, -0.15) is 0 Å². The highest BCUT2D eigenvalue weighted by molar-refractivity contribution is 4.93. The number of hydrogen-bond donors (Lipinski definition) is 1. The number of aromatic amines is 1. The molecular formula is C11H11N3O3. The standard InChI is InChI=1S/C11H11N3O3/c15-9-3-1-2-6-13(9)7-8-14-10(16)4-5-12-11(14)17/h1-6H,7-8H2,(H,12,17). The second kappa shape index (κ2) is 4.65. The Labute approximate surface area is 95.8 Å². The normalized spacial score (nSPS) is 10.4. The van der Waals surface area contributed by atoms with Crippen LogP contribution in [0.3, 0.4) is 0 Å². The van der Waals surface area contributed by atoms with Gasteiger partial charge in [-0.05, 0) is 6.07 Å². The van der Waals surface area contributed by atoms with E-state index in [0.29, 0.717) is 0 Å². The summed E-state index contributed by atoms with van der Waals surface area (Å²) < 4.78 is 2.50. The van der Waals surface area contributed by atoms with Crippen LogP contribution in [0.25, 0.3) is 0 Å². The van der Waals surface area contributed by atoms with Crippen LogP contribution in [0.4, 0.5) is 0 Å². The third-order valence-corrected chi connectivity index (χ3v) is 2.41. The lowest BCUT2D eigenvalue weighted by Crippen LogP contribution is -2.36. The summed E-state index contributed by atoms with van der Waals surface area (Å²) in [7, 11) is 0. The molecule has 2 heterocycles. The van der Waals surface area contributed by atoms with Crippen LogP contribution in [0.15, 0.2) is 51.0 Å². The van der Waals surface area contributed by atoms with E-state index in [1.54, 1.807) is 18.3 Å². The highest BCUT2D eigenvalue weighted by Gasteiger charge is 2.00. The van der Waals surface area contributed by atoms with Gasteiger partial charge >= 0.3 is 5.69 Å². The molecule has 6 heteroatoms. The number of H-pyrrole nitrogens is 1. The van der Waals surface area contributed by atoms with Crippen LogP contribution >= 0.6 is 0 Å². The van der Waals surface area contributed by atoms with Gasteiger partial charge in [0, 0.05) is 37.6 Å². The lowest BCUT2D eigenvalue weighted by atomic mass is 10.4. The van der Waals surface area contributed by atoms with Crippen LogP contribution in [0, 0.1) is 0 Å². The summed E-state index contributed by atoms with van der Waals surface area (Å²) in [5, 5.41) is 0. The van der Waals surface area contributed by atoms with E-state index in [0.717, 1.165) is 4.57 Å². The Morgan fingerprint density at radius 3 is 2.53 bits per heavy atom. The first-order chi connectivity index (χ1) is 8.18. The quantitative estimate of drug-likeness (QED) is 0.769. The maximum absolute atomic E-state index is 11.4. The third-order valence-electron chi connectivity index (χ3n) is 2.41. The van der Waals surface area contributed by atoms with E-state index in [1.807, 2.05) is 0 Å². The molecule has 0 aliphatic carbocycles. The average molecular weight is 233 g/mol. The number of pyridine rings is 1. The Hall–Kier alpha value is -2.37. The fourth-order valence-electron chi connectivity index (χ4n) is 1.52. The third kappa shape index (κ3) is 2.41. The molecule has 0 aromatic carbocycles. The Morgan fingerprint density at radius 2 is 1.82 bits per heavy atom. The van der Waals surface area contributed by atoms with Crippen LogP contribution in [0.2, 0.25) is 0 Å². The second-order valence-corrected chi connectivity index (χ2v) is 3.50. The Kier molecular flexibility index (Phi) is 3.04. The van der Waals surface area contributed by atoms with Gasteiger partial charge in [-0.3, -0.25) is 14.2 Å². The van der Waals surface area contributed by atoms with Gasteiger partial charge in [0.1, 0.15) is 0 Å². The number of hydrogen-bond acceptors (Lipinski definition) is 3. The highest BCUT2D eigenvalue weighted by atomic mass is 16.2. The van der Waals surface area contributed by atoms with Crippen LogP contribution < -0.4 is 16.8 Å². The van der Waals surface area contributed by atoms with Crippen LogP contribution in [0.1, 0.15) is 0 Å². The first kappa shape index (κ1) is 11.1. The topological polar surface area (TPSA) is 76.9 Å². The molecule has 0 unspecified atom stereocenters. The molecule has 0 aliphatic rings. The molecule has 6 nitrogen and oxygen atoms in total. The fraction of sp³-hybridized carbons (Fsp3) is 0.182. The lowest BCUT2D eigenvalue weighted by Gasteiger charge is -2.05. The zero-order valence-electron chi connectivity index (χ0n) is 9.00. The second-order valence-electron chi connectivity index (χ2n) is 3.50. The first-order valence-corrected chi connectivity index (χ1v) is 5.12. The lowest BCUT2D eigenvalue weighted by molar-refractivity contribution is 0.533. The van der Waals surface area contributed by atoms with Gasteiger partial charge in [0.05, 0.1) is 0 Å². The van der Waals surface area contributed by atoms with Crippen molar-refractivity contribution >= 4 is 0 Å². The summed E-state index contributed by atoms with van der Waals surface area (Å²) in [5.74, 6) is 0. The van der Waals surface area contributed by atoms with Crippen LogP contribution in [0.5, 0.6) is 0 Å². The molecule has 2 rings (SSSR count). The summed E-state index contributed by atoms with van der Waals surface area (Å²) in [6, 6.07) is 6.06. The summed E-state index contributed by atoms with van der Waals surface area (Å²) >= 11 is 0. The molecule has 17 heavy (non-hydrogen) atoms. The fourth-order valence-corrected chi connectivity index (χ4v) is 1.52. The minimum absolute atomic E-state index is 0.159. The van der Waals surface area contributed by atoms with E-state index in [1.165, 1.54) is 22.9 Å². The summed E-state index contributed by atoms with van der Waals surface area (Å²) in [5.41, 5.74) is -1.01. The van der Waals surface area contributed by atoms with Gasteiger partial charge in [0.2, 0.25) is 0 Å². The SMILES string of the molecule is O=c1ccccn1CCn1c(=O)cc[nH]c1=O. The van der Waals surface area contributed by atoms with Crippen molar-refractivity contribution in [1.82, 2.24) is 14.1 Å². The van der Waals surface area contributed by atoms with Crippen molar-refractivity contribution in [3.63, 3.8) is 0 Å². The molecule has 0 saturated heterocycles. The summed E-state index contributed by atoms with van der Waals surface area (Å²) in [6.07, 6.45) is 2.92. The maximum Gasteiger partial charge on any atom is 0.328 e. The molecule has 0 aliphatic heterocycles. The Balaban J connectivity index is 2.25. The van der Waals surface area contributed by atoms with Gasteiger partial charge in [0.25, 0.3) is 11.1 Å². The van der Waals surface area contributed by atoms with E-state index < -0.39 is 5.69 Å². The minimum Gasteiger partial charge on any atom is -0.314 e. The van der Waals surface area contributed by atoms with Crippen molar-refractivity contribution in [2.24, 2.45) is 0 Å². The van der Waals surface area contributed by atoms with Crippen molar-refractivity contribution in [3.8, 4) is 0 Å². The Bertz CT molecular complexity index is 653. The molecule has 0 spiro atoms. The number of nitrogens with zero attached hydrogens (tertiary/aromatic N) is 2. The van der Waals surface area contributed by atoms with Gasteiger partial charge < -0.3 is 9.55 Å².